The van der Waals surface area contributed by atoms with Crippen LogP contribution in [0.3, 0.4) is 0 Å². The second-order valence-corrected chi connectivity index (χ2v) is 6.88. The molecule has 1 aliphatic rings. The zero-order chi connectivity index (χ0) is 14.8. The summed E-state index contributed by atoms with van der Waals surface area (Å²) < 4.78 is 2.05. The van der Waals surface area contributed by atoms with E-state index in [0.717, 1.165) is 38.4 Å². The SMILES string of the molecule is CCCn1ncnc1CN1CC(C)(C)NCC1C(C)C. The number of hydrogen-bond acceptors (Lipinski definition) is 4. The van der Waals surface area contributed by atoms with E-state index in [1.54, 1.807) is 6.33 Å². The number of aryl methyl sites for hydroxylation is 1. The van der Waals surface area contributed by atoms with Crippen molar-refractivity contribution in [2.45, 2.75) is 65.7 Å². The van der Waals surface area contributed by atoms with Crippen LogP contribution in [0.25, 0.3) is 0 Å². The van der Waals surface area contributed by atoms with Gasteiger partial charge in [0.1, 0.15) is 12.2 Å². The van der Waals surface area contributed by atoms with E-state index in [9.17, 15) is 0 Å². The van der Waals surface area contributed by atoms with Crippen molar-refractivity contribution in [3.05, 3.63) is 12.2 Å². The van der Waals surface area contributed by atoms with Gasteiger partial charge in [-0.2, -0.15) is 5.10 Å². The summed E-state index contributed by atoms with van der Waals surface area (Å²) in [4.78, 5) is 7.03. The molecule has 1 fully saturated rings. The third-order valence-electron chi connectivity index (χ3n) is 4.10. The van der Waals surface area contributed by atoms with Crippen LogP contribution in [-0.2, 0) is 13.1 Å². The predicted molar refractivity (Wildman–Crippen MR) is 81.4 cm³/mol. The maximum Gasteiger partial charge on any atom is 0.141 e. The summed E-state index contributed by atoms with van der Waals surface area (Å²) in [7, 11) is 0. The third-order valence-corrected chi connectivity index (χ3v) is 4.10. The summed E-state index contributed by atoms with van der Waals surface area (Å²) in [5.74, 6) is 1.73. The van der Waals surface area contributed by atoms with Gasteiger partial charge in [0.05, 0.1) is 6.54 Å². The van der Waals surface area contributed by atoms with Gasteiger partial charge in [0, 0.05) is 31.2 Å². The van der Waals surface area contributed by atoms with Gasteiger partial charge in [-0.3, -0.25) is 4.90 Å². The van der Waals surface area contributed by atoms with E-state index in [1.165, 1.54) is 0 Å². The fourth-order valence-corrected chi connectivity index (χ4v) is 3.01. The van der Waals surface area contributed by atoms with E-state index in [2.05, 4.69) is 54.9 Å². The van der Waals surface area contributed by atoms with Crippen LogP contribution in [0.2, 0.25) is 0 Å². The Hall–Kier alpha value is -0.940. The third kappa shape index (κ3) is 3.58. The topological polar surface area (TPSA) is 46.0 Å². The van der Waals surface area contributed by atoms with Crippen LogP contribution in [0.4, 0.5) is 0 Å². The minimum Gasteiger partial charge on any atom is -0.309 e. The zero-order valence-corrected chi connectivity index (χ0v) is 13.6. The minimum atomic E-state index is 0.168. The maximum atomic E-state index is 4.46. The Morgan fingerprint density at radius 3 is 2.85 bits per heavy atom. The van der Waals surface area contributed by atoms with Gasteiger partial charge in [0.2, 0.25) is 0 Å². The van der Waals surface area contributed by atoms with Crippen molar-refractivity contribution in [3.63, 3.8) is 0 Å². The lowest BCUT2D eigenvalue weighted by Crippen LogP contribution is -2.62. The van der Waals surface area contributed by atoms with Crippen LogP contribution >= 0.6 is 0 Å². The molecule has 1 unspecified atom stereocenters. The Balaban J connectivity index is 2.12. The molecule has 5 nitrogen and oxygen atoms in total. The summed E-state index contributed by atoms with van der Waals surface area (Å²) in [6.07, 6.45) is 2.78. The molecular weight excluding hydrogens is 250 g/mol. The fraction of sp³-hybridized carbons (Fsp3) is 0.867. The monoisotopic (exact) mass is 279 g/mol. The molecule has 0 spiro atoms. The highest BCUT2D eigenvalue weighted by molar-refractivity contribution is 4.96. The standard InChI is InChI=1S/C15H29N5/c1-6-7-20-14(16-11-18-20)9-19-10-15(4,5)17-8-13(19)12(2)3/h11-13,17H,6-10H2,1-5H3. The van der Waals surface area contributed by atoms with Gasteiger partial charge in [0.25, 0.3) is 0 Å². The Bertz CT molecular complexity index is 424. The number of nitrogens with zero attached hydrogens (tertiary/aromatic N) is 4. The molecule has 0 aromatic carbocycles. The Morgan fingerprint density at radius 1 is 1.45 bits per heavy atom. The van der Waals surface area contributed by atoms with Crippen molar-refractivity contribution in [2.24, 2.45) is 5.92 Å². The van der Waals surface area contributed by atoms with Gasteiger partial charge in [0.15, 0.2) is 0 Å². The number of hydrogen-bond donors (Lipinski definition) is 1. The molecule has 0 bridgehead atoms. The smallest absolute Gasteiger partial charge is 0.141 e. The fourth-order valence-electron chi connectivity index (χ4n) is 3.01. The van der Waals surface area contributed by atoms with E-state index in [1.807, 2.05) is 4.68 Å². The Kier molecular flexibility index (Phi) is 4.81. The highest BCUT2D eigenvalue weighted by Crippen LogP contribution is 2.21. The van der Waals surface area contributed by atoms with Crippen molar-refractivity contribution in [1.29, 1.82) is 0 Å². The lowest BCUT2D eigenvalue weighted by atomic mass is 9.93. The molecule has 1 atom stereocenters. The van der Waals surface area contributed by atoms with Crippen LogP contribution in [0.1, 0.15) is 46.9 Å². The van der Waals surface area contributed by atoms with Gasteiger partial charge in [-0.25, -0.2) is 9.67 Å². The minimum absolute atomic E-state index is 0.168. The first-order valence-corrected chi connectivity index (χ1v) is 7.78. The first-order chi connectivity index (χ1) is 9.43. The zero-order valence-electron chi connectivity index (χ0n) is 13.6. The molecule has 5 heteroatoms. The average Bonchev–Trinajstić information content (AvgIpc) is 2.76. The summed E-state index contributed by atoms with van der Waals surface area (Å²) in [6, 6.07) is 0.565. The number of piperazine rings is 1. The van der Waals surface area contributed by atoms with Gasteiger partial charge in [-0.1, -0.05) is 20.8 Å². The Morgan fingerprint density at radius 2 is 2.20 bits per heavy atom. The molecule has 114 valence electrons. The first kappa shape index (κ1) is 15.4. The van der Waals surface area contributed by atoms with E-state index >= 15 is 0 Å². The van der Waals surface area contributed by atoms with Gasteiger partial charge < -0.3 is 5.32 Å². The maximum absolute atomic E-state index is 4.46. The van der Waals surface area contributed by atoms with Crippen LogP contribution in [-0.4, -0.2) is 44.3 Å². The molecule has 1 aliphatic heterocycles. The highest BCUT2D eigenvalue weighted by atomic mass is 15.4. The molecule has 0 saturated carbocycles. The first-order valence-electron chi connectivity index (χ1n) is 7.78. The molecule has 20 heavy (non-hydrogen) atoms. The highest BCUT2D eigenvalue weighted by Gasteiger charge is 2.34. The van der Waals surface area contributed by atoms with E-state index in [-0.39, 0.29) is 5.54 Å². The van der Waals surface area contributed by atoms with Gasteiger partial charge in [-0.15, -0.1) is 0 Å². The summed E-state index contributed by atoms with van der Waals surface area (Å²) in [5, 5.41) is 8.00. The average molecular weight is 279 g/mol. The van der Waals surface area contributed by atoms with E-state index in [0.29, 0.717) is 12.0 Å². The van der Waals surface area contributed by atoms with E-state index in [4.69, 9.17) is 0 Å². The molecule has 0 radical (unpaired) electrons. The molecule has 1 aromatic rings. The van der Waals surface area contributed by atoms with Crippen LogP contribution < -0.4 is 5.32 Å². The molecular formula is C15H29N5. The lowest BCUT2D eigenvalue weighted by molar-refractivity contribution is 0.0593. The lowest BCUT2D eigenvalue weighted by Gasteiger charge is -2.46. The quantitative estimate of drug-likeness (QED) is 0.894. The van der Waals surface area contributed by atoms with Crippen molar-refractivity contribution in [2.75, 3.05) is 13.1 Å². The molecule has 0 amide bonds. The van der Waals surface area contributed by atoms with Crippen molar-refractivity contribution in [3.8, 4) is 0 Å². The summed E-state index contributed by atoms with van der Waals surface area (Å²) >= 11 is 0. The molecule has 1 aromatic heterocycles. The van der Waals surface area contributed by atoms with Crippen LogP contribution in [0.15, 0.2) is 6.33 Å². The number of nitrogens with one attached hydrogen (secondary N) is 1. The second kappa shape index (κ2) is 6.22. The van der Waals surface area contributed by atoms with Gasteiger partial charge in [-0.05, 0) is 26.2 Å². The molecule has 0 aliphatic carbocycles. The number of aromatic nitrogens is 3. The number of rotatable bonds is 5. The molecule has 2 heterocycles. The normalized spacial score (nSPS) is 23.4. The van der Waals surface area contributed by atoms with Crippen molar-refractivity contribution < 1.29 is 0 Å². The molecule has 1 N–H and O–H groups in total. The second-order valence-electron chi connectivity index (χ2n) is 6.88. The molecule has 1 saturated heterocycles. The van der Waals surface area contributed by atoms with Gasteiger partial charge >= 0.3 is 0 Å². The van der Waals surface area contributed by atoms with Crippen LogP contribution in [0.5, 0.6) is 0 Å². The van der Waals surface area contributed by atoms with Crippen molar-refractivity contribution >= 4 is 0 Å². The summed E-state index contributed by atoms with van der Waals surface area (Å²) in [5.41, 5.74) is 0.168. The molecule has 2 rings (SSSR count). The Labute approximate surface area is 122 Å². The van der Waals surface area contributed by atoms with Crippen molar-refractivity contribution in [1.82, 2.24) is 25.0 Å². The predicted octanol–water partition coefficient (Wildman–Crippen LogP) is 1.90. The summed E-state index contributed by atoms with van der Waals surface area (Å²) in [6.45, 7) is 15.3. The van der Waals surface area contributed by atoms with E-state index < -0.39 is 0 Å². The van der Waals surface area contributed by atoms with Crippen LogP contribution in [0, 0.1) is 5.92 Å². The largest absolute Gasteiger partial charge is 0.309 e.